The Hall–Kier alpha value is -0.330. The van der Waals surface area contributed by atoms with E-state index in [9.17, 15) is 13.2 Å². The molecule has 2 aliphatic rings. The lowest BCUT2D eigenvalue weighted by atomic mass is 9.85. The smallest absolute Gasteiger partial charge is 0.381 e. The van der Waals surface area contributed by atoms with Crippen molar-refractivity contribution in [3.63, 3.8) is 0 Å². The highest BCUT2D eigenvalue weighted by molar-refractivity contribution is 4.90. The maximum atomic E-state index is 12.7. The summed E-state index contributed by atoms with van der Waals surface area (Å²) < 4.78 is 43.7. The van der Waals surface area contributed by atoms with E-state index in [0.717, 1.165) is 45.7 Å². The van der Waals surface area contributed by atoms with E-state index in [0.29, 0.717) is 13.1 Å². The van der Waals surface area contributed by atoms with Crippen molar-refractivity contribution >= 4 is 0 Å². The van der Waals surface area contributed by atoms with Crippen LogP contribution < -0.4 is 5.32 Å². The van der Waals surface area contributed by atoms with Crippen LogP contribution in [-0.4, -0.2) is 57.0 Å². The molecule has 1 N–H and O–H groups in total. The first-order chi connectivity index (χ1) is 9.95. The number of nitrogens with zero attached hydrogens (tertiary/aromatic N) is 1. The van der Waals surface area contributed by atoms with E-state index < -0.39 is 12.1 Å². The topological polar surface area (TPSA) is 24.5 Å². The number of rotatable bonds is 6. The molecule has 0 radical (unpaired) electrons. The van der Waals surface area contributed by atoms with Gasteiger partial charge < -0.3 is 15.0 Å². The van der Waals surface area contributed by atoms with Gasteiger partial charge in [-0.05, 0) is 45.3 Å². The van der Waals surface area contributed by atoms with Gasteiger partial charge in [-0.3, -0.25) is 0 Å². The van der Waals surface area contributed by atoms with Gasteiger partial charge in [-0.1, -0.05) is 6.92 Å². The molecule has 0 spiro atoms. The van der Waals surface area contributed by atoms with Crippen LogP contribution in [0.2, 0.25) is 0 Å². The Kier molecular flexibility index (Phi) is 5.91. The third-order valence-corrected chi connectivity index (χ3v) is 4.72. The number of halogens is 3. The molecule has 2 fully saturated rings. The number of ether oxygens (including phenoxy) is 1. The highest BCUT2D eigenvalue weighted by Crippen LogP contribution is 2.36. The number of likely N-dealkylation sites (tertiary alicyclic amines) is 1. The molecule has 2 saturated heterocycles. The molecule has 0 aliphatic carbocycles. The number of hydrogen-bond acceptors (Lipinski definition) is 3. The molecule has 2 rings (SSSR count). The minimum Gasteiger partial charge on any atom is -0.381 e. The van der Waals surface area contributed by atoms with Crippen molar-refractivity contribution < 1.29 is 17.9 Å². The van der Waals surface area contributed by atoms with Gasteiger partial charge >= 0.3 is 6.18 Å². The van der Waals surface area contributed by atoms with E-state index >= 15 is 0 Å². The Morgan fingerprint density at radius 2 is 2.00 bits per heavy atom. The summed E-state index contributed by atoms with van der Waals surface area (Å²) in [5, 5.41) is 3.45. The third-order valence-electron chi connectivity index (χ3n) is 4.72. The summed E-state index contributed by atoms with van der Waals surface area (Å²) in [5.74, 6) is -1.11. The second-order valence-electron chi connectivity index (χ2n) is 6.57. The molecule has 0 aromatic heterocycles. The van der Waals surface area contributed by atoms with E-state index in [2.05, 4.69) is 17.1 Å². The maximum Gasteiger partial charge on any atom is 0.391 e. The SMILES string of the molecule is CCCNCC1(CN2CCC(C(F)(F)F)CC2)CCOC1. The summed E-state index contributed by atoms with van der Waals surface area (Å²) in [6, 6.07) is 0. The largest absolute Gasteiger partial charge is 0.391 e. The molecule has 124 valence electrons. The minimum absolute atomic E-state index is 0.0836. The Bertz CT molecular complexity index is 309. The maximum absolute atomic E-state index is 12.7. The fourth-order valence-electron chi connectivity index (χ4n) is 3.39. The summed E-state index contributed by atoms with van der Waals surface area (Å²) >= 11 is 0. The molecular formula is C15H27F3N2O. The van der Waals surface area contributed by atoms with Gasteiger partial charge in [0.2, 0.25) is 0 Å². The predicted octanol–water partition coefficient (Wildman–Crippen LogP) is 2.67. The molecule has 1 unspecified atom stereocenters. The van der Waals surface area contributed by atoms with Crippen LogP contribution >= 0.6 is 0 Å². The van der Waals surface area contributed by atoms with Gasteiger partial charge in [0.25, 0.3) is 0 Å². The van der Waals surface area contributed by atoms with Crippen molar-refractivity contribution in [2.24, 2.45) is 11.3 Å². The van der Waals surface area contributed by atoms with Gasteiger partial charge in [0.15, 0.2) is 0 Å². The van der Waals surface area contributed by atoms with E-state index in [4.69, 9.17) is 4.74 Å². The van der Waals surface area contributed by atoms with Gasteiger partial charge in [0, 0.05) is 25.1 Å². The summed E-state index contributed by atoms with van der Waals surface area (Å²) in [6.07, 6.45) is -1.45. The van der Waals surface area contributed by atoms with Crippen LogP contribution in [0.3, 0.4) is 0 Å². The van der Waals surface area contributed by atoms with Crippen LogP contribution in [-0.2, 0) is 4.74 Å². The van der Waals surface area contributed by atoms with E-state index in [-0.39, 0.29) is 18.3 Å². The quantitative estimate of drug-likeness (QED) is 0.764. The predicted molar refractivity (Wildman–Crippen MR) is 76.2 cm³/mol. The average molecular weight is 308 g/mol. The van der Waals surface area contributed by atoms with E-state index in [1.54, 1.807) is 0 Å². The lowest BCUT2D eigenvalue weighted by molar-refractivity contribution is -0.185. The fourth-order valence-corrected chi connectivity index (χ4v) is 3.39. The normalized spacial score (nSPS) is 29.1. The average Bonchev–Trinajstić information content (AvgIpc) is 2.87. The molecule has 0 bridgehead atoms. The lowest BCUT2D eigenvalue weighted by Gasteiger charge is -2.38. The summed E-state index contributed by atoms with van der Waals surface area (Å²) in [4.78, 5) is 2.20. The third kappa shape index (κ3) is 4.83. The highest BCUT2D eigenvalue weighted by atomic mass is 19.4. The molecule has 2 heterocycles. The van der Waals surface area contributed by atoms with E-state index in [1.807, 2.05) is 0 Å². The molecule has 0 amide bonds. The molecule has 0 saturated carbocycles. The Balaban J connectivity index is 1.82. The van der Waals surface area contributed by atoms with Crippen molar-refractivity contribution in [3.05, 3.63) is 0 Å². The summed E-state index contributed by atoms with van der Waals surface area (Å²) in [7, 11) is 0. The van der Waals surface area contributed by atoms with Gasteiger partial charge in [0.1, 0.15) is 0 Å². The molecule has 2 aliphatic heterocycles. The molecular weight excluding hydrogens is 281 g/mol. The summed E-state index contributed by atoms with van der Waals surface area (Å²) in [5.41, 5.74) is 0.0836. The van der Waals surface area contributed by atoms with Crippen LogP contribution in [0.15, 0.2) is 0 Å². The van der Waals surface area contributed by atoms with Gasteiger partial charge in [-0.15, -0.1) is 0 Å². The first-order valence-corrected chi connectivity index (χ1v) is 8.03. The number of piperidine rings is 1. The second-order valence-corrected chi connectivity index (χ2v) is 6.57. The number of nitrogens with one attached hydrogen (secondary N) is 1. The molecule has 3 nitrogen and oxygen atoms in total. The molecule has 21 heavy (non-hydrogen) atoms. The van der Waals surface area contributed by atoms with Gasteiger partial charge in [-0.25, -0.2) is 0 Å². The second kappa shape index (κ2) is 7.29. The highest BCUT2D eigenvalue weighted by Gasteiger charge is 2.43. The van der Waals surface area contributed by atoms with Gasteiger partial charge in [0.05, 0.1) is 12.5 Å². The molecule has 6 heteroatoms. The zero-order valence-corrected chi connectivity index (χ0v) is 12.8. The van der Waals surface area contributed by atoms with Crippen LogP contribution in [0.5, 0.6) is 0 Å². The van der Waals surface area contributed by atoms with Gasteiger partial charge in [-0.2, -0.15) is 13.2 Å². The van der Waals surface area contributed by atoms with Crippen molar-refractivity contribution in [2.45, 2.75) is 38.8 Å². The Morgan fingerprint density at radius 3 is 2.52 bits per heavy atom. The first-order valence-electron chi connectivity index (χ1n) is 8.03. The van der Waals surface area contributed by atoms with Crippen molar-refractivity contribution in [1.29, 1.82) is 0 Å². The molecule has 0 aromatic carbocycles. The van der Waals surface area contributed by atoms with Crippen molar-refractivity contribution in [2.75, 3.05) is 45.9 Å². The standard InChI is InChI=1S/C15H27F3N2O/c1-2-6-19-10-14(5-9-21-12-14)11-20-7-3-13(4-8-20)15(16,17)18/h13,19H,2-12H2,1H3. The number of hydrogen-bond donors (Lipinski definition) is 1. The lowest BCUT2D eigenvalue weighted by Crippen LogP contribution is -2.48. The Morgan fingerprint density at radius 1 is 1.29 bits per heavy atom. The van der Waals surface area contributed by atoms with Crippen LogP contribution in [0.4, 0.5) is 13.2 Å². The Labute approximate surface area is 125 Å². The van der Waals surface area contributed by atoms with Crippen molar-refractivity contribution in [3.8, 4) is 0 Å². The van der Waals surface area contributed by atoms with Crippen LogP contribution in [0, 0.1) is 11.3 Å². The fraction of sp³-hybridized carbons (Fsp3) is 1.00. The van der Waals surface area contributed by atoms with Crippen molar-refractivity contribution in [1.82, 2.24) is 10.2 Å². The summed E-state index contributed by atoms with van der Waals surface area (Å²) in [6.45, 7) is 7.48. The molecule has 1 atom stereocenters. The minimum atomic E-state index is -4.02. The molecule has 0 aromatic rings. The first kappa shape index (κ1) is 17.0. The van der Waals surface area contributed by atoms with Crippen LogP contribution in [0.25, 0.3) is 0 Å². The number of alkyl halides is 3. The monoisotopic (exact) mass is 308 g/mol. The van der Waals surface area contributed by atoms with E-state index in [1.165, 1.54) is 0 Å². The zero-order valence-electron chi connectivity index (χ0n) is 12.8. The zero-order chi connectivity index (χ0) is 15.3. The van der Waals surface area contributed by atoms with Crippen LogP contribution in [0.1, 0.15) is 32.6 Å².